The molecule has 6 heteroatoms. The molecule has 0 bridgehead atoms. The van der Waals surface area contributed by atoms with Gasteiger partial charge in [0.05, 0.1) is 11.8 Å². The van der Waals surface area contributed by atoms with Gasteiger partial charge < -0.3 is 9.88 Å². The molecule has 25 heavy (non-hydrogen) atoms. The minimum absolute atomic E-state index is 0.00270. The maximum atomic E-state index is 12.3. The van der Waals surface area contributed by atoms with Crippen molar-refractivity contribution in [3.05, 3.63) is 40.7 Å². The van der Waals surface area contributed by atoms with Crippen LogP contribution in [0, 0.1) is 13.8 Å². The van der Waals surface area contributed by atoms with Crippen LogP contribution < -0.4 is 5.32 Å². The second kappa shape index (κ2) is 8.04. The molecule has 1 aromatic heterocycles. The van der Waals surface area contributed by atoms with Gasteiger partial charge in [-0.2, -0.15) is 0 Å². The Hall–Kier alpha value is -1.82. The lowest BCUT2D eigenvalue weighted by atomic mass is 10.0. The van der Waals surface area contributed by atoms with Crippen LogP contribution >= 0.6 is 11.8 Å². The molecule has 2 aromatic rings. The van der Waals surface area contributed by atoms with E-state index in [9.17, 15) is 4.79 Å². The number of benzene rings is 1. The summed E-state index contributed by atoms with van der Waals surface area (Å²) in [7, 11) is 0. The average molecular weight is 359 g/mol. The highest BCUT2D eigenvalue weighted by molar-refractivity contribution is 7.99. The van der Waals surface area contributed by atoms with Gasteiger partial charge >= 0.3 is 0 Å². The van der Waals surface area contributed by atoms with Crippen LogP contribution in [-0.2, 0) is 17.8 Å². The fourth-order valence-electron chi connectivity index (χ4n) is 3.10. The predicted molar refractivity (Wildman–Crippen MR) is 101 cm³/mol. The standard InChI is InChI=1S/C19H26N4OS/c1-13-8-9-16(11-14(13)2)15(3)20-18(24)12-25-19-22-21-17-7-5-4-6-10-23(17)19/h8-9,11,15H,4-7,10,12H2,1-3H3,(H,20,24)/t15-/m1/s1. The van der Waals surface area contributed by atoms with Crippen LogP contribution in [0.5, 0.6) is 0 Å². The maximum absolute atomic E-state index is 12.3. The number of thioether (sulfide) groups is 1. The Bertz CT molecular complexity index is 756. The number of aryl methyl sites for hydroxylation is 3. The molecule has 1 atom stereocenters. The first-order valence-corrected chi connectivity index (χ1v) is 9.94. The second-order valence-electron chi connectivity index (χ2n) is 6.78. The molecule has 0 radical (unpaired) electrons. The summed E-state index contributed by atoms with van der Waals surface area (Å²) >= 11 is 1.48. The lowest BCUT2D eigenvalue weighted by molar-refractivity contribution is -0.119. The van der Waals surface area contributed by atoms with Crippen molar-refractivity contribution in [1.29, 1.82) is 0 Å². The number of carbonyl (C=O) groups is 1. The highest BCUT2D eigenvalue weighted by Gasteiger charge is 2.17. The molecule has 1 amide bonds. The monoisotopic (exact) mass is 358 g/mol. The highest BCUT2D eigenvalue weighted by Crippen LogP contribution is 2.22. The number of hydrogen-bond donors (Lipinski definition) is 1. The SMILES string of the molecule is Cc1ccc([C@@H](C)NC(=O)CSc2nnc3n2CCCCC3)cc1C. The van der Waals surface area contributed by atoms with E-state index in [0.717, 1.165) is 35.9 Å². The van der Waals surface area contributed by atoms with Gasteiger partial charge in [0, 0.05) is 13.0 Å². The lowest BCUT2D eigenvalue weighted by Gasteiger charge is -2.15. The lowest BCUT2D eigenvalue weighted by Crippen LogP contribution is -2.28. The van der Waals surface area contributed by atoms with E-state index in [2.05, 4.69) is 52.1 Å². The molecule has 0 spiro atoms. The van der Waals surface area contributed by atoms with Gasteiger partial charge in [-0.3, -0.25) is 4.79 Å². The number of fused-ring (bicyclic) bond motifs is 1. The minimum atomic E-state index is 0.00270. The van der Waals surface area contributed by atoms with Crippen LogP contribution in [0.15, 0.2) is 23.4 Å². The number of carbonyl (C=O) groups excluding carboxylic acids is 1. The molecule has 0 aliphatic carbocycles. The zero-order valence-electron chi connectivity index (χ0n) is 15.2. The third-order valence-corrected chi connectivity index (χ3v) is 5.78. The van der Waals surface area contributed by atoms with Crippen LogP contribution in [-0.4, -0.2) is 26.4 Å². The molecule has 1 N–H and O–H groups in total. The van der Waals surface area contributed by atoms with Gasteiger partial charge in [-0.05, 0) is 50.3 Å². The molecular weight excluding hydrogens is 332 g/mol. The van der Waals surface area contributed by atoms with E-state index in [4.69, 9.17) is 0 Å². The summed E-state index contributed by atoms with van der Waals surface area (Å²) in [6.07, 6.45) is 4.57. The quantitative estimate of drug-likeness (QED) is 0.830. The van der Waals surface area contributed by atoms with Crippen LogP contribution in [0.3, 0.4) is 0 Å². The van der Waals surface area contributed by atoms with Gasteiger partial charge in [-0.1, -0.05) is 36.4 Å². The van der Waals surface area contributed by atoms with E-state index in [0.29, 0.717) is 5.75 Å². The predicted octanol–water partition coefficient (Wildman–Crippen LogP) is 3.59. The van der Waals surface area contributed by atoms with E-state index in [-0.39, 0.29) is 11.9 Å². The van der Waals surface area contributed by atoms with Crippen molar-refractivity contribution in [2.75, 3.05) is 5.75 Å². The van der Waals surface area contributed by atoms with Crippen molar-refractivity contribution in [2.24, 2.45) is 0 Å². The van der Waals surface area contributed by atoms with Crippen molar-refractivity contribution in [1.82, 2.24) is 20.1 Å². The minimum Gasteiger partial charge on any atom is -0.349 e. The Morgan fingerprint density at radius 3 is 2.88 bits per heavy atom. The van der Waals surface area contributed by atoms with Crippen LogP contribution in [0.25, 0.3) is 0 Å². The van der Waals surface area contributed by atoms with Crippen molar-refractivity contribution >= 4 is 17.7 Å². The molecule has 3 rings (SSSR count). The van der Waals surface area contributed by atoms with E-state index in [1.807, 2.05) is 6.92 Å². The topological polar surface area (TPSA) is 59.8 Å². The first-order valence-electron chi connectivity index (χ1n) is 8.96. The Morgan fingerprint density at radius 2 is 2.08 bits per heavy atom. The second-order valence-corrected chi connectivity index (χ2v) is 7.73. The van der Waals surface area contributed by atoms with Crippen LogP contribution in [0.2, 0.25) is 0 Å². The number of aromatic nitrogens is 3. The normalized spacial score (nSPS) is 15.3. The molecule has 0 saturated heterocycles. The Kier molecular flexibility index (Phi) is 5.78. The molecular formula is C19H26N4OS. The molecule has 1 aliphatic rings. The van der Waals surface area contributed by atoms with E-state index in [1.54, 1.807) is 0 Å². The zero-order chi connectivity index (χ0) is 17.8. The summed E-state index contributed by atoms with van der Waals surface area (Å²) in [6.45, 7) is 7.18. The van der Waals surface area contributed by atoms with Crippen LogP contribution in [0.1, 0.15) is 54.7 Å². The molecule has 5 nitrogen and oxygen atoms in total. The van der Waals surface area contributed by atoms with E-state index in [1.165, 1.54) is 35.7 Å². The summed E-state index contributed by atoms with van der Waals surface area (Å²) < 4.78 is 2.18. The number of hydrogen-bond acceptors (Lipinski definition) is 4. The largest absolute Gasteiger partial charge is 0.349 e. The van der Waals surface area contributed by atoms with Gasteiger partial charge in [0.2, 0.25) is 5.91 Å². The third-order valence-electron chi connectivity index (χ3n) is 4.82. The first-order chi connectivity index (χ1) is 12.0. The Balaban J connectivity index is 1.56. The van der Waals surface area contributed by atoms with Gasteiger partial charge in [0.25, 0.3) is 0 Å². The molecule has 1 aromatic carbocycles. The number of nitrogens with zero attached hydrogens (tertiary/aromatic N) is 3. The molecule has 134 valence electrons. The molecule has 0 unspecified atom stereocenters. The van der Waals surface area contributed by atoms with Crippen molar-refractivity contribution in [3.8, 4) is 0 Å². The Labute approximate surface area is 153 Å². The number of amides is 1. The fourth-order valence-corrected chi connectivity index (χ4v) is 3.89. The molecule has 0 fully saturated rings. The first kappa shape index (κ1) is 18.0. The van der Waals surface area contributed by atoms with Crippen molar-refractivity contribution < 1.29 is 4.79 Å². The van der Waals surface area contributed by atoms with Gasteiger partial charge in [-0.15, -0.1) is 10.2 Å². The summed E-state index contributed by atoms with van der Waals surface area (Å²) in [4.78, 5) is 12.3. The molecule has 0 saturated carbocycles. The van der Waals surface area contributed by atoms with E-state index < -0.39 is 0 Å². The summed E-state index contributed by atoms with van der Waals surface area (Å²) in [5, 5.41) is 12.5. The summed E-state index contributed by atoms with van der Waals surface area (Å²) in [6, 6.07) is 6.33. The molecule has 1 aliphatic heterocycles. The number of nitrogens with one attached hydrogen (secondary N) is 1. The Morgan fingerprint density at radius 1 is 1.24 bits per heavy atom. The third kappa shape index (κ3) is 4.42. The van der Waals surface area contributed by atoms with Gasteiger partial charge in [0.1, 0.15) is 5.82 Å². The maximum Gasteiger partial charge on any atom is 0.230 e. The average Bonchev–Trinajstić information content (AvgIpc) is 2.82. The highest BCUT2D eigenvalue weighted by atomic mass is 32.2. The van der Waals surface area contributed by atoms with Crippen LogP contribution in [0.4, 0.5) is 0 Å². The molecule has 2 heterocycles. The fraction of sp³-hybridized carbons (Fsp3) is 0.526. The van der Waals surface area contributed by atoms with Crippen molar-refractivity contribution in [2.45, 2.75) is 64.2 Å². The smallest absolute Gasteiger partial charge is 0.230 e. The summed E-state index contributed by atoms with van der Waals surface area (Å²) in [5.41, 5.74) is 3.65. The van der Waals surface area contributed by atoms with Crippen molar-refractivity contribution in [3.63, 3.8) is 0 Å². The zero-order valence-corrected chi connectivity index (χ0v) is 16.0. The number of rotatable bonds is 5. The van der Waals surface area contributed by atoms with Gasteiger partial charge in [0.15, 0.2) is 5.16 Å². The summed E-state index contributed by atoms with van der Waals surface area (Å²) in [5.74, 6) is 1.46. The van der Waals surface area contributed by atoms with E-state index >= 15 is 0 Å². The van der Waals surface area contributed by atoms with Gasteiger partial charge in [-0.25, -0.2) is 0 Å².